The van der Waals surface area contributed by atoms with Crippen LogP contribution in [0.25, 0.3) is 0 Å². The van der Waals surface area contributed by atoms with E-state index >= 15 is 0 Å². The van der Waals surface area contributed by atoms with Gasteiger partial charge in [0.15, 0.2) is 0 Å². The predicted octanol–water partition coefficient (Wildman–Crippen LogP) is 2.44. The van der Waals surface area contributed by atoms with Crippen LogP contribution in [-0.2, 0) is 0 Å². The Kier molecular flexibility index (Phi) is 1.36. The first-order chi connectivity index (χ1) is 3.38. The highest BCUT2D eigenvalue weighted by Crippen LogP contribution is 2.42. The van der Waals surface area contributed by atoms with Crippen molar-refractivity contribution >= 4 is 0 Å². The maximum Gasteiger partial charge on any atom is -0.0386 e. The van der Waals surface area contributed by atoms with Crippen LogP contribution in [0.15, 0.2) is 0 Å². The van der Waals surface area contributed by atoms with Crippen LogP contribution in [0.4, 0.5) is 0 Å². The minimum Gasteiger partial charge on any atom is -0.0651 e. The van der Waals surface area contributed by atoms with Gasteiger partial charge in [-0.1, -0.05) is 26.7 Å². The molecule has 1 aliphatic carbocycles. The lowest BCUT2D eigenvalue weighted by molar-refractivity contribution is 0.663. The van der Waals surface area contributed by atoms with Gasteiger partial charge in [-0.25, -0.2) is 0 Å². The second-order valence-corrected chi connectivity index (χ2v) is 2.57. The van der Waals surface area contributed by atoms with Gasteiger partial charge in [-0.15, -0.1) is 0 Å². The first-order valence-electron chi connectivity index (χ1n) is 3.38. The largest absolute Gasteiger partial charge is 0.0651 e. The Hall–Kier alpha value is 0. The molecule has 1 fully saturated rings. The second-order valence-electron chi connectivity index (χ2n) is 2.57. The molecule has 42 valence electrons. The Bertz CT molecular complexity index is 49.1. The molecule has 0 unspecified atom stereocenters. The van der Waals surface area contributed by atoms with Crippen LogP contribution in [0.2, 0.25) is 0 Å². The fourth-order valence-corrected chi connectivity index (χ4v) is 1.31. The molecule has 0 bridgehead atoms. The van der Waals surface area contributed by atoms with E-state index in [4.69, 9.17) is 0 Å². The molecule has 0 N–H and O–H groups in total. The molecular formula is C7H14. The van der Waals surface area contributed by atoms with Crippen LogP contribution in [0.3, 0.4) is 0 Å². The highest BCUT2D eigenvalue weighted by molar-refractivity contribution is 4.83. The maximum absolute atomic E-state index is 2.29. The lowest BCUT2D eigenvalue weighted by Crippen LogP contribution is -1.74. The third-order valence-corrected chi connectivity index (χ3v) is 2.12. The summed E-state index contributed by atoms with van der Waals surface area (Å²) in [4.78, 5) is 0. The highest BCUT2D eigenvalue weighted by Gasteiger charge is 2.32. The van der Waals surface area contributed by atoms with E-state index in [0.29, 0.717) is 0 Å². The topological polar surface area (TPSA) is 0 Å². The normalized spacial score (nSPS) is 38.6. The maximum atomic E-state index is 2.29. The average molecular weight is 98.2 g/mol. The third-order valence-electron chi connectivity index (χ3n) is 2.12. The second kappa shape index (κ2) is 1.85. The minimum atomic E-state index is 1.12. The molecule has 0 heterocycles. The summed E-state index contributed by atoms with van der Waals surface area (Å²) in [5.41, 5.74) is 0. The molecule has 0 aromatic carbocycles. The summed E-state index contributed by atoms with van der Waals surface area (Å²) < 4.78 is 0. The van der Waals surface area contributed by atoms with Gasteiger partial charge in [-0.3, -0.25) is 0 Å². The Labute approximate surface area is 45.9 Å². The summed E-state index contributed by atoms with van der Waals surface area (Å²) in [7, 11) is 0. The molecule has 0 saturated heterocycles. The molecule has 7 heavy (non-hydrogen) atoms. The molecule has 0 radical (unpaired) electrons. The van der Waals surface area contributed by atoms with Crippen LogP contribution < -0.4 is 0 Å². The van der Waals surface area contributed by atoms with Crippen molar-refractivity contribution in [2.75, 3.05) is 0 Å². The smallest absolute Gasteiger partial charge is 0.0386 e. The molecular weight excluding hydrogens is 84.1 g/mol. The average Bonchev–Trinajstić information content (AvgIpc) is 2.43. The van der Waals surface area contributed by atoms with Crippen molar-refractivity contribution in [3.05, 3.63) is 0 Å². The van der Waals surface area contributed by atoms with Crippen molar-refractivity contribution in [1.29, 1.82) is 0 Å². The van der Waals surface area contributed by atoms with Crippen molar-refractivity contribution in [3.8, 4) is 0 Å². The van der Waals surface area contributed by atoms with E-state index in [9.17, 15) is 0 Å². The van der Waals surface area contributed by atoms with Crippen LogP contribution in [0.1, 0.15) is 33.1 Å². The van der Waals surface area contributed by atoms with Crippen molar-refractivity contribution in [2.24, 2.45) is 11.8 Å². The molecule has 1 rings (SSSR count). The lowest BCUT2D eigenvalue weighted by atomic mass is 10.2. The summed E-state index contributed by atoms with van der Waals surface area (Å²) in [6.45, 7) is 4.58. The molecule has 0 aliphatic heterocycles. The van der Waals surface area contributed by atoms with E-state index in [-0.39, 0.29) is 0 Å². The predicted molar refractivity (Wildman–Crippen MR) is 32.2 cm³/mol. The van der Waals surface area contributed by atoms with Crippen LogP contribution in [0.5, 0.6) is 0 Å². The molecule has 1 saturated carbocycles. The Morgan fingerprint density at radius 3 is 1.71 bits per heavy atom. The van der Waals surface area contributed by atoms with E-state index in [1.54, 1.807) is 0 Å². The fraction of sp³-hybridized carbons (Fsp3) is 1.00. The molecule has 0 heteroatoms. The van der Waals surface area contributed by atoms with Crippen molar-refractivity contribution in [1.82, 2.24) is 0 Å². The van der Waals surface area contributed by atoms with E-state index in [1.165, 1.54) is 19.3 Å². The zero-order valence-corrected chi connectivity index (χ0v) is 5.28. The third kappa shape index (κ3) is 0.960. The summed E-state index contributed by atoms with van der Waals surface area (Å²) in [5, 5.41) is 0. The summed E-state index contributed by atoms with van der Waals surface area (Å²) in [6.07, 6.45) is 4.35. The number of hydrogen-bond donors (Lipinski definition) is 0. The van der Waals surface area contributed by atoms with Gasteiger partial charge in [-0.2, -0.15) is 0 Å². The van der Waals surface area contributed by atoms with Gasteiger partial charge in [-0.05, 0) is 18.3 Å². The van der Waals surface area contributed by atoms with Gasteiger partial charge in [0.25, 0.3) is 0 Å². The first-order valence-corrected chi connectivity index (χ1v) is 3.38. The molecule has 1 aliphatic rings. The molecule has 2 atom stereocenters. The van der Waals surface area contributed by atoms with E-state index in [1.807, 2.05) is 0 Å². The summed E-state index contributed by atoms with van der Waals surface area (Å²) in [6, 6.07) is 0. The Balaban J connectivity index is 2.06. The van der Waals surface area contributed by atoms with Gasteiger partial charge < -0.3 is 0 Å². The molecule has 0 spiro atoms. The quantitative estimate of drug-likeness (QED) is 0.497. The number of hydrogen-bond acceptors (Lipinski definition) is 0. The van der Waals surface area contributed by atoms with E-state index in [0.717, 1.165) is 11.8 Å². The Morgan fingerprint density at radius 2 is 1.57 bits per heavy atom. The lowest BCUT2D eigenvalue weighted by Gasteiger charge is -1.85. The van der Waals surface area contributed by atoms with E-state index < -0.39 is 0 Å². The van der Waals surface area contributed by atoms with Gasteiger partial charge in [0.1, 0.15) is 0 Å². The van der Waals surface area contributed by atoms with Gasteiger partial charge in [0, 0.05) is 0 Å². The molecule has 0 aromatic heterocycles. The molecule has 0 aromatic rings. The highest BCUT2D eigenvalue weighted by atomic mass is 14.4. The van der Waals surface area contributed by atoms with Gasteiger partial charge in [0.2, 0.25) is 0 Å². The van der Waals surface area contributed by atoms with Crippen molar-refractivity contribution < 1.29 is 0 Å². The Morgan fingerprint density at radius 1 is 1.14 bits per heavy atom. The minimum absolute atomic E-state index is 1.12. The van der Waals surface area contributed by atoms with Gasteiger partial charge in [0.05, 0.1) is 0 Å². The monoisotopic (exact) mass is 98.1 g/mol. The van der Waals surface area contributed by atoms with Crippen LogP contribution in [0, 0.1) is 11.8 Å². The zero-order chi connectivity index (χ0) is 5.28. The zero-order valence-electron chi connectivity index (χ0n) is 5.28. The fourth-order valence-electron chi connectivity index (χ4n) is 1.31. The van der Waals surface area contributed by atoms with Gasteiger partial charge >= 0.3 is 0 Å². The molecule has 0 amide bonds. The number of rotatable bonds is 2. The van der Waals surface area contributed by atoms with Crippen molar-refractivity contribution in [2.45, 2.75) is 33.1 Å². The van der Waals surface area contributed by atoms with Crippen molar-refractivity contribution in [3.63, 3.8) is 0 Å². The first kappa shape index (κ1) is 5.14. The SMILES string of the molecule is CC[C@H]1C[C@@H]1CC. The van der Waals surface area contributed by atoms with E-state index in [2.05, 4.69) is 13.8 Å². The summed E-state index contributed by atoms with van der Waals surface area (Å²) >= 11 is 0. The summed E-state index contributed by atoms with van der Waals surface area (Å²) in [5.74, 6) is 2.23. The molecule has 0 nitrogen and oxygen atoms in total. The van der Waals surface area contributed by atoms with Crippen LogP contribution >= 0.6 is 0 Å². The van der Waals surface area contributed by atoms with Crippen LogP contribution in [-0.4, -0.2) is 0 Å². The standard InChI is InChI=1S/C7H14/c1-3-6-5-7(6)4-2/h6-7H,3-5H2,1-2H3/t6-,7-/m0/s1.